The lowest BCUT2D eigenvalue weighted by Crippen LogP contribution is -2.46. The summed E-state index contributed by atoms with van der Waals surface area (Å²) in [6, 6.07) is 7.05. The van der Waals surface area contributed by atoms with E-state index in [-0.39, 0.29) is 29.1 Å². The standard InChI is InChI=1S/C16H17N3O4S/c1-23-16(22)14-9-18(6-7-24-14)15(21)10-19-12-5-3-2-4-11(12)13(20)8-17-19/h2-5,8,14H,6-7,9-10H2,1H3/t14-/m1/s1. The third-order valence-corrected chi connectivity index (χ3v) is 5.09. The van der Waals surface area contributed by atoms with Gasteiger partial charge in [-0.15, -0.1) is 11.8 Å². The van der Waals surface area contributed by atoms with Crippen molar-refractivity contribution in [3.8, 4) is 0 Å². The van der Waals surface area contributed by atoms with Crippen LogP contribution in [0.4, 0.5) is 0 Å². The van der Waals surface area contributed by atoms with Crippen molar-refractivity contribution >= 4 is 34.5 Å². The molecule has 1 aliphatic rings. The summed E-state index contributed by atoms with van der Waals surface area (Å²) in [7, 11) is 1.35. The Labute approximate surface area is 142 Å². The fourth-order valence-electron chi connectivity index (χ4n) is 2.66. The highest BCUT2D eigenvalue weighted by atomic mass is 32.2. The highest BCUT2D eigenvalue weighted by Crippen LogP contribution is 2.20. The summed E-state index contributed by atoms with van der Waals surface area (Å²) in [5.74, 6) is 0.235. The Morgan fingerprint density at radius 3 is 2.96 bits per heavy atom. The second-order valence-corrected chi connectivity index (χ2v) is 6.72. The second-order valence-electron chi connectivity index (χ2n) is 5.41. The van der Waals surface area contributed by atoms with E-state index in [1.165, 1.54) is 29.8 Å². The molecule has 1 aliphatic heterocycles. The number of hydrogen-bond acceptors (Lipinski definition) is 6. The number of benzene rings is 1. The van der Waals surface area contributed by atoms with Crippen molar-refractivity contribution in [3.63, 3.8) is 0 Å². The molecule has 0 bridgehead atoms. The van der Waals surface area contributed by atoms with Gasteiger partial charge in [-0.2, -0.15) is 5.10 Å². The van der Waals surface area contributed by atoms with Crippen molar-refractivity contribution in [1.82, 2.24) is 14.7 Å². The van der Waals surface area contributed by atoms with Gasteiger partial charge in [0.2, 0.25) is 11.3 Å². The number of carbonyl (C=O) groups is 2. The number of aromatic nitrogens is 2. The van der Waals surface area contributed by atoms with Crippen LogP contribution in [0.15, 0.2) is 35.3 Å². The van der Waals surface area contributed by atoms with Crippen molar-refractivity contribution in [2.45, 2.75) is 11.8 Å². The number of methoxy groups -OCH3 is 1. The van der Waals surface area contributed by atoms with Crippen LogP contribution in [0, 0.1) is 0 Å². The summed E-state index contributed by atoms with van der Waals surface area (Å²) >= 11 is 1.50. The SMILES string of the molecule is COC(=O)[C@H]1CN(C(=O)Cn2ncc(=O)c3ccccc32)CCS1. The van der Waals surface area contributed by atoms with Gasteiger partial charge in [-0.05, 0) is 12.1 Å². The van der Waals surface area contributed by atoms with Crippen molar-refractivity contribution in [2.24, 2.45) is 0 Å². The Morgan fingerprint density at radius 1 is 1.38 bits per heavy atom. The van der Waals surface area contributed by atoms with Crippen LogP contribution in [0.25, 0.3) is 10.9 Å². The van der Waals surface area contributed by atoms with Crippen LogP contribution in [-0.2, 0) is 20.9 Å². The largest absolute Gasteiger partial charge is 0.468 e. The van der Waals surface area contributed by atoms with Gasteiger partial charge in [0.25, 0.3) is 0 Å². The number of carbonyl (C=O) groups excluding carboxylic acids is 2. The summed E-state index contributed by atoms with van der Waals surface area (Å²) in [6.45, 7) is 0.933. The maximum absolute atomic E-state index is 12.6. The van der Waals surface area contributed by atoms with Gasteiger partial charge in [0.05, 0.1) is 18.8 Å². The average molecular weight is 347 g/mol. The van der Waals surface area contributed by atoms with Crippen LogP contribution >= 0.6 is 11.8 Å². The van der Waals surface area contributed by atoms with Crippen LogP contribution in [0.5, 0.6) is 0 Å². The third kappa shape index (κ3) is 3.28. The first-order valence-corrected chi connectivity index (χ1v) is 8.57. The van der Waals surface area contributed by atoms with Crippen LogP contribution in [0.1, 0.15) is 0 Å². The normalized spacial score (nSPS) is 17.7. The first-order valence-electron chi connectivity index (χ1n) is 7.52. The fourth-order valence-corrected chi connectivity index (χ4v) is 3.79. The molecule has 1 aromatic carbocycles. The van der Waals surface area contributed by atoms with Crippen molar-refractivity contribution in [3.05, 3.63) is 40.7 Å². The van der Waals surface area contributed by atoms with E-state index in [1.54, 1.807) is 29.2 Å². The predicted octanol–water partition coefficient (Wildman–Crippen LogP) is 0.514. The first-order chi connectivity index (χ1) is 11.6. The fraction of sp³-hybridized carbons (Fsp3) is 0.375. The molecule has 0 N–H and O–H groups in total. The number of nitrogens with zero attached hydrogens (tertiary/aromatic N) is 3. The van der Waals surface area contributed by atoms with Gasteiger partial charge in [0.1, 0.15) is 11.8 Å². The van der Waals surface area contributed by atoms with Gasteiger partial charge >= 0.3 is 5.97 Å². The summed E-state index contributed by atoms with van der Waals surface area (Å²) in [6.07, 6.45) is 1.22. The molecule has 0 unspecified atom stereocenters. The molecule has 1 atom stereocenters. The van der Waals surface area contributed by atoms with E-state index in [9.17, 15) is 14.4 Å². The molecule has 7 nitrogen and oxygen atoms in total. The second kappa shape index (κ2) is 7.04. The van der Waals surface area contributed by atoms with Gasteiger partial charge in [-0.1, -0.05) is 12.1 Å². The molecule has 2 heterocycles. The number of thioether (sulfide) groups is 1. The molecule has 8 heteroatoms. The van der Waals surface area contributed by atoms with Crippen LogP contribution in [0.2, 0.25) is 0 Å². The molecule has 1 saturated heterocycles. The van der Waals surface area contributed by atoms with Gasteiger partial charge in [0, 0.05) is 24.2 Å². The summed E-state index contributed by atoms with van der Waals surface area (Å²) < 4.78 is 6.28. The molecule has 1 aromatic heterocycles. The molecule has 0 radical (unpaired) electrons. The zero-order valence-corrected chi connectivity index (χ0v) is 14.0. The van der Waals surface area contributed by atoms with Crippen LogP contribution in [-0.4, -0.2) is 57.8 Å². The summed E-state index contributed by atoms with van der Waals surface area (Å²) in [5, 5.41) is 4.25. The molecular weight excluding hydrogens is 330 g/mol. The Hall–Kier alpha value is -2.35. The predicted molar refractivity (Wildman–Crippen MR) is 90.8 cm³/mol. The molecule has 126 valence electrons. The van der Waals surface area contributed by atoms with E-state index in [1.807, 2.05) is 0 Å². The van der Waals surface area contributed by atoms with Crippen LogP contribution in [0.3, 0.4) is 0 Å². The number of para-hydroxylation sites is 1. The first kappa shape index (κ1) is 16.5. The number of hydrogen-bond donors (Lipinski definition) is 0. The summed E-state index contributed by atoms with van der Waals surface area (Å²) in [5.41, 5.74) is 0.448. The quantitative estimate of drug-likeness (QED) is 0.753. The molecular formula is C16H17N3O4S. The maximum atomic E-state index is 12.6. The minimum atomic E-state index is -0.355. The smallest absolute Gasteiger partial charge is 0.320 e. The lowest BCUT2D eigenvalue weighted by atomic mass is 10.2. The van der Waals surface area contributed by atoms with Crippen LogP contribution < -0.4 is 5.43 Å². The molecule has 0 spiro atoms. The number of fused-ring (bicyclic) bond motifs is 1. The minimum absolute atomic E-state index is 0.0271. The lowest BCUT2D eigenvalue weighted by Gasteiger charge is -2.31. The van der Waals surface area contributed by atoms with Gasteiger partial charge < -0.3 is 9.64 Å². The van der Waals surface area contributed by atoms with E-state index >= 15 is 0 Å². The average Bonchev–Trinajstić information content (AvgIpc) is 2.63. The zero-order chi connectivity index (χ0) is 17.1. The maximum Gasteiger partial charge on any atom is 0.320 e. The van der Waals surface area contributed by atoms with E-state index in [0.717, 1.165) is 0 Å². The molecule has 0 aliphatic carbocycles. The molecule has 1 amide bonds. The highest BCUT2D eigenvalue weighted by Gasteiger charge is 2.29. The Balaban J connectivity index is 1.79. The number of esters is 1. The van der Waals surface area contributed by atoms with Crippen molar-refractivity contribution in [2.75, 3.05) is 26.0 Å². The zero-order valence-electron chi connectivity index (χ0n) is 13.2. The third-order valence-electron chi connectivity index (χ3n) is 3.93. The minimum Gasteiger partial charge on any atom is -0.468 e. The molecule has 0 saturated carbocycles. The van der Waals surface area contributed by atoms with Crippen molar-refractivity contribution in [1.29, 1.82) is 0 Å². The molecule has 24 heavy (non-hydrogen) atoms. The number of rotatable bonds is 3. The summed E-state index contributed by atoms with van der Waals surface area (Å²) in [4.78, 5) is 37.7. The Morgan fingerprint density at radius 2 is 2.17 bits per heavy atom. The topological polar surface area (TPSA) is 81.5 Å². The van der Waals surface area contributed by atoms with Gasteiger partial charge in [-0.25, -0.2) is 0 Å². The van der Waals surface area contributed by atoms with Crippen molar-refractivity contribution < 1.29 is 14.3 Å². The monoisotopic (exact) mass is 347 g/mol. The number of amides is 1. The Bertz CT molecular complexity index is 835. The molecule has 2 aromatic rings. The molecule has 3 rings (SSSR count). The van der Waals surface area contributed by atoms with E-state index in [0.29, 0.717) is 29.7 Å². The highest BCUT2D eigenvalue weighted by molar-refractivity contribution is 8.00. The van der Waals surface area contributed by atoms with Gasteiger partial charge in [0.15, 0.2) is 0 Å². The van der Waals surface area contributed by atoms with E-state index in [4.69, 9.17) is 4.74 Å². The van der Waals surface area contributed by atoms with E-state index < -0.39 is 0 Å². The number of ether oxygens (including phenoxy) is 1. The lowest BCUT2D eigenvalue weighted by molar-refractivity contribution is -0.141. The Kier molecular flexibility index (Phi) is 4.84. The molecule has 1 fully saturated rings. The van der Waals surface area contributed by atoms with E-state index in [2.05, 4.69) is 5.10 Å². The van der Waals surface area contributed by atoms with Gasteiger partial charge in [-0.3, -0.25) is 19.1 Å².